The summed E-state index contributed by atoms with van der Waals surface area (Å²) in [5.41, 5.74) is 0. The Morgan fingerprint density at radius 1 is 1.42 bits per heavy atom. The van der Waals surface area contributed by atoms with Crippen molar-refractivity contribution in [1.82, 2.24) is 15.1 Å². The topological polar surface area (TPSA) is 50.1 Å². The fourth-order valence-corrected chi connectivity index (χ4v) is 3.75. The van der Waals surface area contributed by atoms with E-state index >= 15 is 0 Å². The number of nitrogens with one attached hydrogen (secondary N) is 1. The van der Waals surface area contributed by atoms with Crippen molar-refractivity contribution in [3.63, 3.8) is 0 Å². The summed E-state index contributed by atoms with van der Waals surface area (Å²) in [6.07, 6.45) is 12.1. The molecule has 0 bridgehead atoms. The van der Waals surface area contributed by atoms with Crippen molar-refractivity contribution in [2.75, 3.05) is 19.3 Å². The van der Waals surface area contributed by atoms with Crippen LogP contribution in [0.5, 0.6) is 0 Å². The van der Waals surface area contributed by atoms with Crippen molar-refractivity contribution < 1.29 is 5.11 Å². The highest BCUT2D eigenvalue weighted by Crippen LogP contribution is 2.37. The van der Waals surface area contributed by atoms with Gasteiger partial charge in [0, 0.05) is 30.2 Å². The van der Waals surface area contributed by atoms with Crippen molar-refractivity contribution in [3.05, 3.63) is 18.5 Å². The first-order valence-electron chi connectivity index (χ1n) is 7.15. The van der Waals surface area contributed by atoms with Gasteiger partial charge in [-0.2, -0.15) is 16.9 Å². The zero-order chi connectivity index (χ0) is 13.6. The summed E-state index contributed by atoms with van der Waals surface area (Å²) in [5, 5.41) is 17.5. The number of rotatable bonds is 7. The van der Waals surface area contributed by atoms with Gasteiger partial charge in [-0.15, -0.1) is 0 Å². The van der Waals surface area contributed by atoms with E-state index in [1.54, 1.807) is 10.9 Å². The van der Waals surface area contributed by atoms with Crippen LogP contribution in [0.15, 0.2) is 18.5 Å². The smallest absolute Gasteiger partial charge is 0.0860 e. The van der Waals surface area contributed by atoms with Crippen LogP contribution in [0.4, 0.5) is 0 Å². The molecule has 1 saturated carbocycles. The van der Waals surface area contributed by atoms with Crippen molar-refractivity contribution in [2.45, 2.75) is 49.5 Å². The van der Waals surface area contributed by atoms with Crippen LogP contribution in [-0.2, 0) is 6.54 Å². The lowest BCUT2D eigenvalue weighted by Crippen LogP contribution is -2.42. The maximum atomic E-state index is 9.98. The van der Waals surface area contributed by atoms with E-state index in [9.17, 15) is 5.11 Å². The van der Waals surface area contributed by atoms with E-state index in [1.165, 1.54) is 32.1 Å². The highest BCUT2D eigenvalue weighted by molar-refractivity contribution is 8.00. The second-order valence-electron chi connectivity index (χ2n) is 5.46. The van der Waals surface area contributed by atoms with Gasteiger partial charge in [-0.3, -0.25) is 4.68 Å². The summed E-state index contributed by atoms with van der Waals surface area (Å²) in [6, 6.07) is 1.88. The molecule has 1 aromatic rings. The van der Waals surface area contributed by atoms with Gasteiger partial charge in [0.25, 0.3) is 0 Å². The van der Waals surface area contributed by atoms with Crippen LogP contribution in [0.1, 0.15) is 32.1 Å². The van der Waals surface area contributed by atoms with Gasteiger partial charge in [-0.05, 0) is 25.2 Å². The molecule has 1 aliphatic rings. The highest BCUT2D eigenvalue weighted by Gasteiger charge is 2.30. The summed E-state index contributed by atoms with van der Waals surface area (Å²) in [7, 11) is 0. The Bertz CT molecular complexity index is 350. The van der Waals surface area contributed by atoms with Crippen LogP contribution < -0.4 is 5.32 Å². The number of nitrogens with zero attached hydrogens (tertiary/aromatic N) is 2. The van der Waals surface area contributed by atoms with Crippen LogP contribution in [0.2, 0.25) is 0 Å². The molecule has 1 aliphatic carbocycles. The Kier molecular flexibility index (Phi) is 5.73. The van der Waals surface area contributed by atoms with Crippen molar-refractivity contribution in [3.8, 4) is 0 Å². The third kappa shape index (κ3) is 4.51. The molecule has 0 saturated heterocycles. The normalized spacial score (nSPS) is 20.3. The molecule has 1 unspecified atom stereocenters. The highest BCUT2D eigenvalue weighted by atomic mass is 32.2. The largest absolute Gasteiger partial charge is 0.390 e. The third-order valence-electron chi connectivity index (χ3n) is 3.98. The number of aliphatic hydroxyl groups excluding tert-OH is 1. The lowest BCUT2D eigenvalue weighted by molar-refractivity contribution is 0.145. The van der Waals surface area contributed by atoms with Gasteiger partial charge < -0.3 is 10.4 Å². The molecule has 19 heavy (non-hydrogen) atoms. The van der Waals surface area contributed by atoms with Crippen LogP contribution in [-0.4, -0.2) is 45.1 Å². The number of thioether (sulfide) groups is 1. The number of hydrogen-bond acceptors (Lipinski definition) is 4. The molecule has 0 amide bonds. The Hall–Kier alpha value is -0.520. The number of aliphatic hydroxyl groups is 1. The van der Waals surface area contributed by atoms with E-state index in [4.69, 9.17) is 0 Å². The Labute approximate surface area is 120 Å². The first-order chi connectivity index (χ1) is 9.24. The minimum absolute atomic E-state index is 0.373. The van der Waals surface area contributed by atoms with Crippen LogP contribution in [0.25, 0.3) is 0 Å². The van der Waals surface area contributed by atoms with Crippen LogP contribution in [0, 0.1) is 0 Å². The average Bonchev–Trinajstić information content (AvgIpc) is 2.92. The third-order valence-corrected chi connectivity index (χ3v) is 5.40. The lowest BCUT2D eigenvalue weighted by Gasteiger charge is -2.36. The van der Waals surface area contributed by atoms with E-state index in [0.717, 1.165) is 6.54 Å². The fraction of sp³-hybridized carbons (Fsp3) is 0.786. The molecule has 0 aliphatic heterocycles. The minimum atomic E-state index is -0.373. The zero-order valence-corrected chi connectivity index (χ0v) is 12.5. The molecule has 5 heteroatoms. The van der Waals surface area contributed by atoms with Gasteiger partial charge in [-0.25, -0.2) is 0 Å². The van der Waals surface area contributed by atoms with E-state index in [0.29, 0.717) is 17.8 Å². The van der Waals surface area contributed by atoms with Crippen molar-refractivity contribution >= 4 is 11.8 Å². The number of aromatic nitrogens is 2. The Morgan fingerprint density at radius 2 is 2.21 bits per heavy atom. The monoisotopic (exact) mass is 283 g/mol. The maximum Gasteiger partial charge on any atom is 0.0860 e. The van der Waals surface area contributed by atoms with Gasteiger partial charge in [0.15, 0.2) is 0 Å². The van der Waals surface area contributed by atoms with Crippen molar-refractivity contribution in [1.29, 1.82) is 0 Å². The fourth-order valence-electron chi connectivity index (χ4n) is 2.80. The minimum Gasteiger partial charge on any atom is -0.390 e. The van der Waals surface area contributed by atoms with Gasteiger partial charge in [0.1, 0.15) is 0 Å². The molecule has 1 aromatic heterocycles. The summed E-state index contributed by atoms with van der Waals surface area (Å²) in [6.45, 7) is 2.21. The summed E-state index contributed by atoms with van der Waals surface area (Å²) >= 11 is 1.99. The van der Waals surface area contributed by atoms with E-state index in [1.807, 2.05) is 24.0 Å². The molecule has 1 fully saturated rings. The summed E-state index contributed by atoms with van der Waals surface area (Å²) in [4.78, 5) is 0. The molecule has 108 valence electrons. The second-order valence-corrected chi connectivity index (χ2v) is 6.73. The van der Waals surface area contributed by atoms with Gasteiger partial charge >= 0.3 is 0 Å². The second kappa shape index (κ2) is 7.31. The molecule has 1 atom stereocenters. The van der Waals surface area contributed by atoms with Gasteiger partial charge in [-0.1, -0.05) is 19.3 Å². The maximum absolute atomic E-state index is 9.98. The molecule has 2 rings (SSSR count). The van der Waals surface area contributed by atoms with E-state index in [-0.39, 0.29) is 6.10 Å². The Morgan fingerprint density at radius 3 is 2.84 bits per heavy atom. The lowest BCUT2D eigenvalue weighted by atomic mass is 9.88. The van der Waals surface area contributed by atoms with E-state index < -0.39 is 0 Å². The molecule has 2 N–H and O–H groups in total. The molecule has 1 heterocycles. The first-order valence-corrected chi connectivity index (χ1v) is 8.38. The average molecular weight is 283 g/mol. The van der Waals surface area contributed by atoms with Crippen molar-refractivity contribution in [2.24, 2.45) is 0 Å². The predicted molar refractivity (Wildman–Crippen MR) is 80.4 cm³/mol. The molecule has 0 aromatic carbocycles. The van der Waals surface area contributed by atoms with Crippen LogP contribution >= 0.6 is 11.8 Å². The van der Waals surface area contributed by atoms with E-state index in [2.05, 4.69) is 16.7 Å². The molecule has 0 spiro atoms. The molecular formula is C14H25N3OS. The molecule has 4 nitrogen and oxygen atoms in total. The standard InChI is InChI=1S/C14H25N3OS/c1-19-14(6-3-2-4-7-14)12-15-10-13(18)11-17-9-5-8-16-17/h5,8-9,13,15,18H,2-4,6-7,10-12H2,1H3. The first kappa shape index (κ1) is 14.9. The Balaban J connectivity index is 1.69. The zero-order valence-electron chi connectivity index (χ0n) is 11.7. The van der Waals surface area contributed by atoms with Gasteiger partial charge in [0.05, 0.1) is 12.6 Å². The number of hydrogen-bond donors (Lipinski definition) is 2. The summed E-state index contributed by atoms with van der Waals surface area (Å²) < 4.78 is 2.17. The SMILES string of the molecule is CSC1(CNCC(O)Cn2cccn2)CCCCC1. The quantitative estimate of drug-likeness (QED) is 0.802. The molecule has 0 radical (unpaired) electrons. The predicted octanol–water partition coefficient (Wildman–Crippen LogP) is 1.90. The van der Waals surface area contributed by atoms with Gasteiger partial charge in [0.2, 0.25) is 0 Å². The summed E-state index contributed by atoms with van der Waals surface area (Å²) in [5.74, 6) is 0. The van der Waals surface area contributed by atoms with Crippen LogP contribution in [0.3, 0.4) is 0 Å². The molecular weight excluding hydrogens is 258 g/mol.